The van der Waals surface area contributed by atoms with E-state index in [1.807, 2.05) is 0 Å². The van der Waals surface area contributed by atoms with Crippen molar-refractivity contribution in [3.8, 4) is 0 Å². The number of nitrogens with zero attached hydrogens (tertiary/aromatic N) is 2. The molecular weight excluding hydrogens is 131 g/mol. The molecule has 36 valence electrons. The van der Waals surface area contributed by atoms with Crippen LogP contribution in [0.4, 0.5) is 0 Å². The Bertz CT molecular complexity index is 144. The van der Waals surface area contributed by atoms with Crippen LogP contribution in [0.5, 0.6) is 0 Å². The molecule has 0 atom stereocenters. The van der Waals surface area contributed by atoms with Gasteiger partial charge in [-0.1, -0.05) is 0 Å². The number of hydrogen-bond donors (Lipinski definition) is 0. The number of aromatic nitrogens is 2. The normalized spacial score (nSPS) is 7.50. The Labute approximate surface area is 75.4 Å². The summed E-state index contributed by atoms with van der Waals surface area (Å²) in [6.45, 7) is 0. The van der Waals surface area contributed by atoms with Gasteiger partial charge in [0, 0.05) is 12.4 Å². The molecule has 1 heterocycles. The zero-order valence-corrected chi connectivity index (χ0v) is 7.35. The first-order valence-electron chi connectivity index (χ1n) is 1.81. The molecule has 0 aromatic carbocycles. The fourth-order valence-electron chi connectivity index (χ4n) is 0.285. The summed E-state index contributed by atoms with van der Waals surface area (Å²) in [6, 6.07) is 0. The van der Waals surface area contributed by atoms with Crippen LogP contribution in [0.1, 0.15) is 0 Å². The predicted molar refractivity (Wildman–Crippen MR) is 27.7 cm³/mol. The molecule has 0 aliphatic rings. The molecule has 0 unspecified atom stereocenters. The fraction of sp³-hybridized carbons (Fsp3) is 0. The third kappa shape index (κ3) is 2.57. The van der Waals surface area contributed by atoms with Crippen molar-refractivity contribution in [1.29, 1.82) is 0 Å². The van der Waals surface area contributed by atoms with Crippen molar-refractivity contribution < 1.29 is 29.6 Å². The fourth-order valence-corrected chi connectivity index (χ4v) is 0.407. The Kier molecular flexibility index (Phi) is 4.36. The van der Waals surface area contributed by atoms with Crippen molar-refractivity contribution in [2.24, 2.45) is 0 Å². The molecule has 0 aliphatic carbocycles. The van der Waals surface area contributed by atoms with Crippen LogP contribution in [0.2, 0.25) is 0 Å². The van der Waals surface area contributed by atoms with Gasteiger partial charge in [0.05, 0.1) is 0 Å². The topological polar surface area (TPSA) is 25.8 Å². The number of hydrogen-bond acceptors (Lipinski definition) is 3. The maximum absolute atomic E-state index is 4.69. The van der Waals surface area contributed by atoms with E-state index in [1.165, 1.54) is 6.33 Å². The molecule has 8 heavy (non-hydrogen) atoms. The Morgan fingerprint density at radius 3 is 2.00 bits per heavy atom. The van der Waals surface area contributed by atoms with Crippen molar-refractivity contribution >= 4 is 12.6 Å². The molecule has 0 amide bonds. The minimum Gasteiger partial charge on any atom is -0.777 e. The van der Waals surface area contributed by atoms with Crippen molar-refractivity contribution in [2.75, 3.05) is 0 Å². The standard InChI is InChI=1S/C4H4N2S.Na/c7-4-1-5-3-6-2-4;/h1-3,7H;/q;+1/p-1. The minimum atomic E-state index is 0. The van der Waals surface area contributed by atoms with Gasteiger partial charge in [0.15, 0.2) is 0 Å². The van der Waals surface area contributed by atoms with E-state index >= 15 is 0 Å². The van der Waals surface area contributed by atoms with Crippen LogP contribution in [-0.2, 0) is 12.6 Å². The van der Waals surface area contributed by atoms with Gasteiger partial charge in [-0.2, -0.15) is 0 Å². The summed E-state index contributed by atoms with van der Waals surface area (Å²) >= 11 is 4.69. The van der Waals surface area contributed by atoms with Gasteiger partial charge in [-0.05, 0) is 0 Å². The molecule has 0 bridgehead atoms. The van der Waals surface area contributed by atoms with Gasteiger partial charge in [0.25, 0.3) is 0 Å². The smallest absolute Gasteiger partial charge is 0.777 e. The average Bonchev–Trinajstić information content (AvgIpc) is 1.69. The Morgan fingerprint density at radius 1 is 1.25 bits per heavy atom. The molecule has 0 N–H and O–H groups in total. The van der Waals surface area contributed by atoms with Crippen molar-refractivity contribution in [2.45, 2.75) is 4.90 Å². The maximum atomic E-state index is 4.69. The van der Waals surface area contributed by atoms with E-state index in [2.05, 4.69) is 22.6 Å². The molecule has 1 aromatic heterocycles. The number of rotatable bonds is 0. The van der Waals surface area contributed by atoms with E-state index in [0.29, 0.717) is 4.90 Å². The molecule has 2 nitrogen and oxygen atoms in total. The van der Waals surface area contributed by atoms with E-state index in [1.54, 1.807) is 12.4 Å². The molecule has 1 rings (SSSR count). The first kappa shape index (κ1) is 8.30. The van der Waals surface area contributed by atoms with Gasteiger partial charge in [0.1, 0.15) is 6.33 Å². The van der Waals surface area contributed by atoms with Crippen molar-refractivity contribution in [3.63, 3.8) is 0 Å². The predicted octanol–water partition coefficient (Wildman–Crippen LogP) is -2.61. The SMILES string of the molecule is [Na+].[S-]c1cncnc1. The van der Waals surface area contributed by atoms with Gasteiger partial charge in [-0.15, -0.1) is 4.90 Å². The zero-order chi connectivity index (χ0) is 5.11. The first-order chi connectivity index (χ1) is 3.39. The zero-order valence-electron chi connectivity index (χ0n) is 4.53. The second-order valence-electron chi connectivity index (χ2n) is 1.07. The minimum absolute atomic E-state index is 0. The summed E-state index contributed by atoms with van der Waals surface area (Å²) in [6.07, 6.45) is 4.63. The van der Waals surface area contributed by atoms with Crippen molar-refractivity contribution in [1.82, 2.24) is 9.97 Å². The molecule has 0 radical (unpaired) electrons. The first-order valence-corrected chi connectivity index (χ1v) is 2.22. The molecule has 0 saturated heterocycles. The molecule has 1 aromatic rings. The van der Waals surface area contributed by atoms with E-state index in [9.17, 15) is 0 Å². The maximum Gasteiger partial charge on any atom is 1.00 e. The van der Waals surface area contributed by atoms with E-state index in [0.717, 1.165) is 0 Å². The van der Waals surface area contributed by atoms with Gasteiger partial charge in [-0.25, -0.2) is 9.97 Å². The summed E-state index contributed by atoms with van der Waals surface area (Å²) < 4.78 is 0. The van der Waals surface area contributed by atoms with E-state index in [-0.39, 0.29) is 29.6 Å². The summed E-state index contributed by atoms with van der Waals surface area (Å²) in [5.74, 6) is 0. The summed E-state index contributed by atoms with van der Waals surface area (Å²) in [4.78, 5) is 8.02. The molecule has 0 aliphatic heterocycles. The molecular formula is C4H3N2NaS. The van der Waals surface area contributed by atoms with E-state index < -0.39 is 0 Å². The molecule has 0 spiro atoms. The molecule has 4 heteroatoms. The Balaban J connectivity index is 0.000000490. The third-order valence-electron chi connectivity index (χ3n) is 0.537. The summed E-state index contributed by atoms with van der Waals surface area (Å²) in [5, 5.41) is 0. The monoisotopic (exact) mass is 134 g/mol. The summed E-state index contributed by atoms with van der Waals surface area (Å²) in [5.41, 5.74) is 0. The van der Waals surface area contributed by atoms with Gasteiger partial charge < -0.3 is 12.6 Å². The van der Waals surface area contributed by atoms with Crippen LogP contribution in [0, 0.1) is 0 Å². The Morgan fingerprint density at radius 2 is 1.75 bits per heavy atom. The van der Waals surface area contributed by atoms with Gasteiger partial charge >= 0.3 is 29.6 Å². The van der Waals surface area contributed by atoms with Crippen molar-refractivity contribution in [3.05, 3.63) is 18.7 Å². The van der Waals surface area contributed by atoms with Gasteiger partial charge in [-0.3, -0.25) is 0 Å². The largest absolute Gasteiger partial charge is 1.00 e. The second kappa shape index (κ2) is 4.21. The summed E-state index contributed by atoms with van der Waals surface area (Å²) in [7, 11) is 0. The van der Waals surface area contributed by atoms with Crippen LogP contribution in [-0.4, -0.2) is 9.97 Å². The van der Waals surface area contributed by atoms with Crippen LogP contribution in [0.15, 0.2) is 23.6 Å². The third-order valence-corrected chi connectivity index (χ3v) is 0.748. The quantitative estimate of drug-likeness (QED) is 0.287. The Hall–Kier alpha value is 0.300. The second-order valence-corrected chi connectivity index (χ2v) is 1.55. The van der Waals surface area contributed by atoms with Crippen LogP contribution in [0.3, 0.4) is 0 Å². The van der Waals surface area contributed by atoms with E-state index in [4.69, 9.17) is 0 Å². The van der Waals surface area contributed by atoms with Crippen LogP contribution >= 0.6 is 0 Å². The van der Waals surface area contributed by atoms with Gasteiger partial charge in [0.2, 0.25) is 0 Å². The molecule has 0 fully saturated rings. The van der Waals surface area contributed by atoms with Crippen LogP contribution in [0.25, 0.3) is 0 Å². The molecule has 0 saturated carbocycles. The van der Waals surface area contributed by atoms with Crippen LogP contribution < -0.4 is 29.6 Å². The average molecular weight is 134 g/mol.